The van der Waals surface area contributed by atoms with Gasteiger partial charge in [-0.3, -0.25) is 10.1 Å². The zero-order valence-electron chi connectivity index (χ0n) is 18.2. The zero-order chi connectivity index (χ0) is 24.3. The molecule has 2 heterocycles. The van der Waals surface area contributed by atoms with E-state index >= 15 is 0 Å². The van der Waals surface area contributed by atoms with Crippen molar-refractivity contribution in [3.63, 3.8) is 0 Å². The molecule has 1 aromatic heterocycles. The first-order chi connectivity index (χ1) is 16.2. The summed E-state index contributed by atoms with van der Waals surface area (Å²) in [5.74, 6) is -0.267. The van der Waals surface area contributed by atoms with Crippen LogP contribution in [0.4, 0.5) is 34.0 Å². The van der Waals surface area contributed by atoms with Gasteiger partial charge in [0.05, 0.1) is 11.1 Å². The number of benzene rings is 1. The van der Waals surface area contributed by atoms with E-state index in [1.165, 1.54) is 17.7 Å². The predicted octanol–water partition coefficient (Wildman–Crippen LogP) is 3.52. The molecule has 0 spiro atoms. The van der Waals surface area contributed by atoms with Crippen molar-refractivity contribution in [3.05, 3.63) is 47.3 Å². The Hall–Kier alpha value is -3.44. The van der Waals surface area contributed by atoms with E-state index in [4.69, 9.17) is 0 Å². The van der Waals surface area contributed by atoms with Crippen LogP contribution in [0.5, 0.6) is 0 Å². The molecular weight excluding hydrogens is 456 g/mol. The van der Waals surface area contributed by atoms with E-state index in [2.05, 4.69) is 20.8 Å². The van der Waals surface area contributed by atoms with Crippen LogP contribution in [-0.2, 0) is 6.18 Å². The summed E-state index contributed by atoms with van der Waals surface area (Å²) in [6, 6.07) is 4.80. The van der Waals surface area contributed by atoms with E-state index in [1.807, 2.05) is 4.90 Å². The number of carbonyl (C=O) groups excluding carboxylic acids is 2. The molecular formula is C22H24F4N6O2. The second kappa shape index (κ2) is 9.82. The highest BCUT2D eigenvalue weighted by Gasteiger charge is 2.37. The van der Waals surface area contributed by atoms with Gasteiger partial charge in [-0.05, 0) is 42.7 Å². The molecule has 2 fully saturated rings. The summed E-state index contributed by atoms with van der Waals surface area (Å²) < 4.78 is 53.3. The zero-order valence-corrected chi connectivity index (χ0v) is 18.2. The summed E-state index contributed by atoms with van der Waals surface area (Å²) in [7, 11) is 0. The fraction of sp³-hybridized carbons (Fsp3) is 0.455. The molecule has 4 rings (SSSR count). The van der Waals surface area contributed by atoms with Crippen molar-refractivity contribution in [1.82, 2.24) is 20.4 Å². The summed E-state index contributed by atoms with van der Waals surface area (Å²) in [5, 5.41) is 13.5. The molecule has 8 nitrogen and oxygen atoms in total. The van der Waals surface area contributed by atoms with Crippen LogP contribution in [0.25, 0.3) is 0 Å². The molecule has 12 heteroatoms. The van der Waals surface area contributed by atoms with Crippen LogP contribution in [-0.4, -0.2) is 59.8 Å². The number of halogens is 4. The molecule has 182 valence electrons. The average Bonchev–Trinajstić information content (AvgIpc) is 3.63. The van der Waals surface area contributed by atoms with E-state index in [0.29, 0.717) is 43.7 Å². The van der Waals surface area contributed by atoms with E-state index in [9.17, 15) is 27.2 Å². The van der Waals surface area contributed by atoms with Gasteiger partial charge in [0.15, 0.2) is 11.6 Å². The van der Waals surface area contributed by atoms with Gasteiger partial charge in [-0.2, -0.15) is 13.2 Å². The highest BCUT2D eigenvalue weighted by Crippen LogP contribution is 2.33. The molecule has 1 aliphatic carbocycles. The number of hydrogen-bond donors (Lipinski definition) is 2. The smallest absolute Gasteiger partial charge is 0.352 e. The molecule has 1 saturated carbocycles. The minimum Gasteiger partial charge on any atom is -0.352 e. The number of carbonyl (C=O) groups is 2. The van der Waals surface area contributed by atoms with Crippen LogP contribution in [0, 0.1) is 11.7 Å². The first kappa shape index (κ1) is 23.7. The molecule has 0 atom stereocenters. The van der Waals surface area contributed by atoms with Crippen LogP contribution in [0.2, 0.25) is 0 Å². The lowest BCUT2D eigenvalue weighted by Gasteiger charge is -2.35. The van der Waals surface area contributed by atoms with Gasteiger partial charge in [-0.15, -0.1) is 10.2 Å². The lowest BCUT2D eigenvalue weighted by atomic mass is 10.0. The minimum atomic E-state index is -4.76. The number of aromatic nitrogens is 2. The first-order valence-electron chi connectivity index (χ1n) is 11.0. The number of piperazine rings is 1. The third-order valence-electron chi connectivity index (χ3n) is 5.84. The van der Waals surface area contributed by atoms with Crippen LogP contribution in [0.15, 0.2) is 30.3 Å². The Labute approximate surface area is 193 Å². The minimum absolute atomic E-state index is 0.137. The highest BCUT2D eigenvalue weighted by atomic mass is 19.4. The van der Waals surface area contributed by atoms with Crippen molar-refractivity contribution in [2.45, 2.75) is 25.4 Å². The van der Waals surface area contributed by atoms with Gasteiger partial charge in [0.1, 0.15) is 5.82 Å². The molecule has 1 aliphatic heterocycles. The van der Waals surface area contributed by atoms with Gasteiger partial charge in [0.25, 0.3) is 5.91 Å². The summed E-state index contributed by atoms with van der Waals surface area (Å²) in [4.78, 5) is 27.7. The van der Waals surface area contributed by atoms with Gasteiger partial charge >= 0.3 is 12.2 Å². The predicted molar refractivity (Wildman–Crippen MR) is 116 cm³/mol. The molecule has 0 unspecified atom stereocenters. The Morgan fingerprint density at radius 3 is 2.38 bits per heavy atom. The fourth-order valence-corrected chi connectivity index (χ4v) is 3.77. The summed E-state index contributed by atoms with van der Waals surface area (Å²) in [6.07, 6.45) is -1.36. The molecule has 2 aromatic rings. The molecule has 34 heavy (non-hydrogen) atoms. The second-order valence-electron chi connectivity index (χ2n) is 8.36. The standard InChI is InChI=1S/C22H24F4N6O2/c23-15-3-4-17(22(24,25)26)16(13-15)20(33)32-11-9-31(10-12-32)19-6-5-18(29-30-19)28-21(34)27-8-7-14-1-2-14/h3-6,13-14H,1-2,7-12H2,(H2,27,28,29,34). The van der Waals surface area contributed by atoms with Gasteiger partial charge < -0.3 is 15.1 Å². The van der Waals surface area contributed by atoms with E-state index in [1.54, 1.807) is 12.1 Å². The molecule has 0 radical (unpaired) electrons. The Balaban J connectivity index is 1.31. The molecule has 2 aliphatic rings. The van der Waals surface area contributed by atoms with E-state index in [-0.39, 0.29) is 24.9 Å². The first-order valence-corrected chi connectivity index (χ1v) is 11.0. The molecule has 0 bridgehead atoms. The van der Waals surface area contributed by atoms with Crippen molar-refractivity contribution in [3.8, 4) is 0 Å². The molecule has 1 aromatic carbocycles. The third kappa shape index (κ3) is 5.91. The molecule has 3 amide bonds. The van der Waals surface area contributed by atoms with Crippen molar-refractivity contribution in [2.75, 3.05) is 42.9 Å². The number of urea groups is 1. The monoisotopic (exact) mass is 480 g/mol. The van der Waals surface area contributed by atoms with Crippen LogP contribution < -0.4 is 15.5 Å². The fourth-order valence-electron chi connectivity index (χ4n) is 3.77. The highest BCUT2D eigenvalue weighted by molar-refractivity contribution is 5.96. The average molecular weight is 480 g/mol. The second-order valence-corrected chi connectivity index (χ2v) is 8.36. The van der Waals surface area contributed by atoms with Crippen LogP contribution >= 0.6 is 0 Å². The van der Waals surface area contributed by atoms with Crippen molar-refractivity contribution in [2.24, 2.45) is 5.92 Å². The normalized spacial score (nSPS) is 16.4. The van der Waals surface area contributed by atoms with Crippen LogP contribution in [0.1, 0.15) is 35.2 Å². The van der Waals surface area contributed by atoms with Crippen LogP contribution in [0.3, 0.4) is 0 Å². The Kier molecular flexibility index (Phi) is 6.85. The van der Waals surface area contributed by atoms with Crippen molar-refractivity contribution < 1.29 is 27.2 Å². The Morgan fingerprint density at radius 2 is 1.76 bits per heavy atom. The number of hydrogen-bond acceptors (Lipinski definition) is 5. The lowest BCUT2D eigenvalue weighted by Crippen LogP contribution is -2.49. The third-order valence-corrected chi connectivity index (χ3v) is 5.84. The maximum absolute atomic E-state index is 13.6. The summed E-state index contributed by atoms with van der Waals surface area (Å²) in [6.45, 7) is 1.50. The summed E-state index contributed by atoms with van der Waals surface area (Å²) in [5.41, 5.74) is -1.86. The topological polar surface area (TPSA) is 90.5 Å². The largest absolute Gasteiger partial charge is 0.417 e. The van der Waals surface area contributed by atoms with Gasteiger partial charge in [-0.25, -0.2) is 9.18 Å². The number of rotatable bonds is 6. The van der Waals surface area contributed by atoms with Gasteiger partial charge in [0.2, 0.25) is 0 Å². The van der Waals surface area contributed by atoms with E-state index in [0.717, 1.165) is 12.3 Å². The lowest BCUT2D eigenvalue weighted by molar-refractivity contribution is -0.138. The Bertz CT molecular complexity index is 1030. The number of anilines is 2. The number of nitrogens with one attached hydrogen (secondary N) is 2. The molecule has 1 saturated heterocycles. The van der Waals surface area contributed by atoms with Gasteiger partial charge in [-0.1, -0.05) is 12.8 Å². The molecule has 2 N–H and O–H groups in total. The summed E-state index contributed by atoms with van der Waals surface area (Å²) >= 11 is 0. The maximum Gasteiger partial charge on any atom is 0.417 e. The quantitative estimate of drug-likeness (QED) is 0.618. The maximum atomic E-state index is 13.6. The number of nitrogens with zero attached hydrogens (tertiary/aromatic N) is 4. The van der Waals surface area contributed by atoms with E-state index < -0.39 is 29.0 Å². The van der Waals surface area contributed by atoms with Gasteiger partial charge in [0, 0.05) is 32.7 Å². The number of alkyl halides is 3. The Morgan fingerprint density at radius 1 is 1.03 bits per heavy atom. The van der Waals surface area contributed by atoms with Crippen molar-refractivity contribution in [1.29, 1.82) is 0 Å². The van der Waals surface area contributed by atoms with Crippen molar-refractivity contribution >= 4 is 23.6 Å². The number of amides is 3. The SMILES string of the molecule is O=C(NCCC1CC1)Nc1ccc(N2CCN(C(=O)c3cc(F)ccc3C(F)(F)F)CC2)nn1.